The monoisotopic (exact) mass is 281 g/mol. The second-order valence-corrected chi connectivity index (χ2v) is 5.00. The summed E-state index contributed by atoms with van der Waals surface area (Å²) in [5.41, 5.74) is 9.90. The van der Waals surface area contributed by atoms with E-state index in [9.17, 15) is 4.79 Å². The van der Waals surface area contributed by atoms with Crippen molar-refractivity contribution in [2.24, 2.45) is 0 Å². The Labute approximate surface area is 121 Å². The Balaban J connectivity index is 1.88. The van der Waals surface area contributed by atoms with Gasteiger partial charge in [-0.3, -0.25) is 4.79 Å². The number of nitrogens with one attached hydrogen (secondary N) is 1. The molecule has 0 bridgehead atoms. The number of oxazole rings is 1. The molecule has 1 aromatic heterocycles. The van der Waals surface area contributed by atoms with Crippen LogP contribution in [0, 0.1) is 13.8 Å². The van der Waals surface area contributed by atoms with Crippen molar-refractivity contribution in [3.63, 3.8) is 0 Å². The lowest BCUT2D eigenvalue weighted by molar-refractivity contribution is 0.102. The van der Waals surface area contributed by atoms with E-state index in [0.29, 0.717) is 33.9 Å². The highest BCUT2D eigenvalue weighted by atomic mass is 16.3. The minimum atomic E-state index is -0.204. The van der Waals surface area contributed by atoms with Gasteiger partial charge in [-0.1, -0.05) is 0 Å². The maximum Gasteiger partial charge on any atom is 0.255 e. The molecule has 1 amide bonds. The lowest BCUT2D eigenvalue weighted by Crippen LogP contribution is -2.12. The van der Waals surface area contributed by atoms with Gasteiger partial charge in [-0.05, 0) is 48.9 Å². The molecule has 3 N–H and O–H groups in total. The number of anilines is 2. The number of amides is 1. The summed E-state index contributed by atoms with van der Waals surface area (Å²) in [6.45, 7) is 3.69. The zero-order valence-corrected chi connectivity index (χ0v) is 11.8. The maximum absolute atomic E-state index is 12.2. The first-order valence-electron chi connectivity index (χ1n) is 6.57. The highest BCUT2D eigenvalue weighted by molar-refractivity contribution is 6.05. The molecule has 0 saturated carbocycles. The first kappa shape index (κ1) is 13.2. The summed E-state index contributed by atoms with van der Waals surface area (Å²) < 4.78 is 5.40. The smallest absolute Gasteiger partial charge is 0.255 e. The van der Waals surface area contributed by atoms with Crippen LogP contribution in [0.2, 0.25) is 0 Å². The summed E-state index contributed by atoms with van der Waals surface area (Å²) in [5, 5.41) is 2.84. The van der Waals surface area contributed by atoms with E-state index in [0.717, 1.165) is 5.56 Å². The lowest BCUT2D eigenvalue weighted by Gasteiger charge is -2.07. The third-order valence-electron chi connectivity index (χ3n) is 3.11. The summed E-state index contributed by atoms with van der Waals surface area (Å²) in [7, 11) is 0. The van der Waals surface area contributed by atoms with Crippen LogP contribution < -0.4 is 11.1 Å². The number of aromatic nitrogens is 1. The number of aryl methyl sites for hydroxylation is 2. The zero-order valence-electron chi connectivity index (χ0n) is 11.8. The lowest BCUT2D eigenvalue weighted by atomic mass is 10.1. The van der Waals surface area contributed by atoms with Crippen molar-refractivity contribution in [1.82, 2.24) is 4.98 Å². The predicted octanol–water partition coefficient (Wildman–Crippen LogP) is 3.28. The van der Waals surface area contributed by atoms with E-state index in [1.807, 2.05) is 13.0 Å². The Bertz CT molecular complexity index is 816. The average Bonchev–Trinajstić information content (AvgIpc) is 2.77. The van der Waals surface area contributed by atoms with Gasteiger partial charge in [0, 0.05) is 23.9 Å². The Morgan fingerprint density at radius 1 is 1.19 bits per heavy atom. The molecule has 2 aromatic carbocycles. The SMILES string of the molecule is Cc1cc(N)cc(C(=O)Nc2ccc3oc(C)nc3c2)c1. The van der Waals surface area contributed by atoms with Crippen LogP contribution >= 0.6 is 0 Å². The normalized spacial score (nSPS) is 10.8. The highest BCUT2D eigenvalue weighted by Crippen LogP contribution is 2.20. The van der Waals surface area contributed by atoms with Crippen LogP contribution in [0.25, 0.3) is 11.1 Å². The van der Waals surface area contributed by atoms with Gasteiger partial charge in [0.1, 0.15) is 5.52 Å². The minimum absolute atomic E-state index is 0.204. The Morgan fingerprint density at radius 2 is 2.00 bits per heavy atom. The van der Waals surface area contributed by atoms with Crippen molar-refractivity contribution < 1.29 is 9.21 Å². The van der Waals surface area contributed by atoms with Gasteiger partial charge >= 0.3 is 0 Å². The number of hydrogen-bond acceptors (Lipinski definition) is 4. The first-order chi connectivity index (χ1) is 10.0. The number of carbonyl (C=O) groups is 1. The fourth-order valence-electron chi connectivity index (χ4n) is 2.27. The molecule has 106 valence electrons. The molecule has 0 radical (unpaired) electrons. The molecule has 0 unspecified atom stereocenters. The highest BCUT2D eigenvalue weighted by Gasteiger charge is 2.09. The molecule has 0 fully saturated rings. The molecule has 0 aliphatic carbocycles. The number of nitrogens with zero attached hydrogens (tertiary/aromatic N) is 1. The largest absolute Gasteiger partial charge is 0.441 e. The van der Waals surface area contributed by atoms with E-state index in [1.165, 1.54) is 0 Å². The van der Waals surface area contributed by atoms with Gasteiger partial charge in [-0.25, -0.2) is 4.98 Å². The summed E-state index contributed by atoms with van der Waals surface area (Å²) in [6, 6.07) is 10.6. The van der Waals surface area contributed by atoms with Crippen LogP contribution in [0.3, 0.4) is 0 Å². The summed E-state index contributed by atoms with van der Waals surface area (Å²) in [4.78, 5) is 16.5. The van der Waals surface area contributed by atoms with Crippen molar-refractivity contribution in [1.29, 1.82) is 0 Å². The number of nitrogens with two attached hydrogens (primary N) is 1. The molecule has 3 aromatic rings. The van der Waals surface area contributed by atoms with Gasteiger partial charge in [0.2, 0.25) is 0 Å². The van der Waals surface area contributed by atoms with Crippen LogP contribution in [0.1, 0.15) is 21.8 Å². The maximum atomic E-state index is 12.2. The summed E-state index contributed by atoms with van der Waals surface area (Å²) in [6.07, 6.45) is 0. The second-order valence-electron chi connectivity index (χ2n) is 5.00. The average molecular weight is 281 g/mol. The topological polar surface area (TPSA) is 81.2 Å². The molecule has 3 rings (SSSR count). The second kappa shape index (κ2) is 4.94. The van der Waals surface area contributed by atoms with E-state index >= 15 is 0 Å². The van der Waals surface area contributed by atoms with Crippen molar-refractivity contribution in [2.75, 3.05) is 11.1 Å². The van der Waals surface area contributed by atoms with Crippen molar-refractivity contribution in [2.45, 2.75) is 13.8 Å². The van der Waals surface area contributed by atoms with Gasteiger partial charge in [0.25, 0.3) is 5.91 Å². The number of hydrogen-bond donors (Lipinski definition) is 2. The zero-order chi connectivity index (χ0) is 15.0. The van der Waals surface area contributed by atoms with Crippen LogP contribution in [-0.4, -0.2) is 10.9 Å². The van der Waals surface area contributed by atoms with Crippen molar-refractivity contribution >= 4 is 28.4 Å². The van der Waals surface area contributed by atoms with Crippen LogP contribution in [0.15, 0.2) is 40.8 Å². The van der Waals surface area contributed by atoms with Crippen LogP contribution in [-0.2, 0) is 0 Å². The van der Waals surface area contributed by atoms with E-state index in [2.05, 4.69) is 10.3 Å². The number of fused-ring (bicyclic) bond motifs is 1. The standard InChI is InChI=1S/C16H15N3O2/c1-9-5-11(7-12(17)6-9)16(20)19-13-3-4-15-14(8-13)18-10(2)21-15/h3-8H,17H2,1-2H3,(H,19,20). The van der Waals surface area contributed by atoms with Gasteiger partial charge < -0.3 is 15.5 Å². The number of nitrogen functional groups attached to an aromatic ring is 1. The van der Waals surface area contributed by atoms with E-state index in [1.54, 1.807) is 37.3 Å². The van der Waals surface area contributed by atoms with Gasteiger partial charge in [0.15, 0.2) is 11.5 Å². The van der Waals surface area contributed by atoms with E-state index in [-0.39, 0.29) is 5.91 Å². The molecular weight excluding hydrogens is 266 g/mol. The number of benzene rings is 2. The summed E-state index contributed by atoms with van der Waals surface area (Å²) in [5.74, 6) is 0.393. The molecule has 0 saturated heterocycles. The van der Waals surface area contributed by atoms with Crippen LogP contribution in [0.5, 0.6) is 0 Å². The molecule has 0 aliphatic rings. The first-order valence-corrected chi connectivity index (χ1v) is 6.57. The van der Waals surface area contributed by atoms with E-state index in [4.69, 9.17) is 10.2 Å². The van der Waals surface area contributed by atoms with Crippen LogP contribution in [0.4, 0.5) is 11.4 Å². The Morgan fingerprint density at radius 3 is 2.76 bits per heavy atom. The molecule has 21 heavy (non-hydrogen) atoms. The fourth-order valence-corrected chi connectivity index (χ4v) is 2.27. The van der Waals surface area contributed by atoms with Gasteiger partial charge in [0.05, 0.1) is 0 Å². The molecule has 0 aliphatic heterocycles. The third-order valence-corrected chi connectivity index (χ3v) is 3.11. The molecular formula is C16H15N3O2. The van der Waals surface area contributed by atoms with Crippen molar-refractivity contribution in [3.8, 4) is 0 Å². The van der Waals surface area contributed by atoms with Gasteiger partial charge in [-0.15, -0.1) is 0 Å². The Kier molecular flexibility index (Phi) is 3.10. The molecule has 0 atom stereocenters. The third kappa shape index (κ3) is 2.72. The predicted molar refractivity (Wildman–Crippen MR) is 82.3 cm³/mol. The van der Waals surface area contributed by atoms with Crippen molar-refractivity contribution in [3.05, 3.63) is 53.4 Å². The fraction of sp³-hybridized carbons (Fsp3) is 0.125. The molecule has 5 heteroatoms. The molecule has 0 spiro atoms. The Hall–Kier alpha value is -2.82. The van der Waals surface area contributed by atoms with E-state index < -0.39 is 0 Å². The minimum Gasteiger partial charge on any atom is -0.441 e. The quantitative estimate of drug-likeness (QED) is 0.706. The number of rotatable bonds is 2. The molecule has 5 nitrogen and oxygen atoms in total. The number of carbonyl (C=O) groups excluding carboxylic acids is 1. The molecule has 1 heterocycles. The van der Waals surface area contributed by atoms with Gasteiger partial charge in [-0.2, -0.15) is 0 Å². The summed E-state index contributed by atoms with van der Waals surface area (Å²) >= 11 is 0.